The van der Waals surface area contributed by atoms with Crippen molar-refractivity contribution in [2.75, 3.05) is 25.0 Å². The molecule has 2 aromatic heterocycles. The van der Waals surface area contributed by atoms with E-state index in [1.165, 1.54) is 12.8 Å². The molecule has 0 radical (unpaired) electrons. The normalized spacial score (nSPS) is 20.8. The van der Waals surface area contributed by atoms with E-state index in [0.29, 0.717) is 24.2 Å². The van der Waals surface area contributed by atoms with E-state index in [1.54, 1.807) is 18.1 Å². The predicted molar refractivity (Wildman–Crippen MR) is 114 cm³/mol. The third kappa shape index (κ3) is 3.68. The van der Waals surface area contributed by atoms with Gasteiger partial charge in [0.15, 0.2) is 0 Å². The number of benzene rings is 1. The first-order chi connectivity index (χ1) is 14.2. The number of piperazine rings is 1. The summed E-state index contributed by atoms with van der Waals surface area (Å²) in [5.41, 5.74) is 2.43. The van der Waals surface area contributed by atoms with E-state index in [1.807, 2.05) is 48.5 Å². The van der Waals surface area contributed by atoms with E-state index < -0.39 is 0 Å². The summed E-state index contributed by atoms with van der Waals surface area (Å²) in [5, 5.41) is 4.74. The highest BCUT2D eigenvalue weighted by Crippen LogP contribution is 2.24. The van der Waals surface area contributed by atoms with Gasteiger partial charge in [-0.05, 0) is 37.1 Å². The Balaban J connectivity index is 1.26. The fourth-order valence-corrected chi connectivity index (χ4v) is 4.42. The monoisotopic (exact) mass is 387 g/mol. The first-order valence-electron chi connectivity index (χ1n) is 10.2. The van der Waals surface area contributed by atoms with Crippen LogP contribution in [-0.4, -0.2) is 53.0 Å². The standard InChI is InChI=1S/C23H25N5O/c1-27(13-18-8-6-16-4-2-3-5-21(16)26-18)23(29)17-7-11-22(24-12-17)28-14-19-9-10-20(15-28)25-19/h2-8,11-12,19-20,25H,9-10,13-15H2,1H3/t19-,20+. The molecule has 4 heterocycles. The lowest BCUT2D eigenvalue weighted by Crippen LogP contribution is -2.51. The van der Waals surface area contributed by atoms with Gasteiger partial charge in [-0.1, -0.05) is 24.3 Å². The Kier molecular flexibility index (Phi) is 4.64. The van der Waals surface area contributed by atoms with Crippen LogP contribution in [0.1, 0.15) is 28.9 Å². The maximum atomic E-state index is 12.8. The van der Waals surface area contributed by atoms with E-state index in [2.05, 4.69) is 20.2 Å². The van der Waals surface area contributed by atoms with Crippen LogP contribution in [0, 0.1) is 0 Å². The van der Waals surface area contributed by atoms with Gasteiger partial charge in [0.2, 0.25) is 0 Å². The van der Waals surface area contributed by atoms with E-state index in [-0.39, 0.29) is 5.91 Å². The van der Waals surface area contributed by atoms with Crippen molar-refractivity contribution in [2.24, 2.45) is 0 Å². The number of pyridine rings is 2. The van der Waals surface area contributed by atoms with Crippen molar-refractivity contribution in [3.05, 3.63) is 66.0 Å². The van der Waals surface area contributed by atoms with Gasteiger partial charge in [0.05, 0.1) is 23.3 Å². The number of hydrogen-bond acceptors (Lipinski definition) is 5. The highest BCUT2D eigenvalue weighted by atomic mass is 16.2. The minimum atomic E-state index is -0.0422. The second-order valence-corrected chi connectivity index (χ2v) is 8.10. The molecule has 2 aliphatic rings. The molecule has 148 valence electrons. The summed E-state index contributed by atoms with van der Waals surface area (Å²) >= 11 is 0. The van der Waals surface area contributed by atoms with Gasteiger partial charge in [0.1, 0.15) is 5.82 Å². The van der Waals surface area contributed by atoms with Gasteiger partial charge >= 0.3 is 0 Å². The molecule has 29 heavy (non-hydrogen) atoms. The molecule has 1 aromatic carbocycles. The fraction of sp³-hybridized carbons (Fsp3) is 0.348. The molecular formula is C23H25N5O. The van der Waals surface area contributed by atoms with Crippen molar-refractivity contribution in [1.82, 2.24) is 20.2 Å². The third-order valence-corrected chi connectivity index (χ3v) is 5.94. The first kappa shape index (κ1) is 18.1. The Hall–Kier alpha value is -2.99. The van der Waals surface area contributed by atoms with Crippen LogP contribution in [0.4, 0.5) is 5.82 Å². The molecule has 2 bridgehead atoms. The number of nitrogens with one attached hydrogen (secondary N) is 1. The highest BCUT2D eigenvalue weighted by molar-refractivity contribution is 5.94. The molecule has 0 spiro atoms. The second kappa shape index (κ2) is 7.44. The quantitative estimate of drug-likeness (QED) is 0.746. The van der Waals surface area contributed by atoms with Crippen LogP contribution >= 0.6 is 0 Å². The Morgan fingerprint density at radius 2 is 1.90 bits per heavy atom. The molecule has 2 atom stereocenters. The van der Waals surface area contributed by atoms with E-state index in [9.17, 15) is 4.79 Å². The SMILES string of the molecule is CN(Cc1ccc2ccccc2n1)C(=O)c1ccc(N2C[C@H]3CC[C@@H](C2)N3)nc1. The van der Waals surface area contributed by atoms with Gasteiger partial charge in [-0.2, -0.15) is 0 Å². The van der Waals surface area contributed by atoms with Crippen molar-refractivity contribution < 1.29 is 4.79 Å². The van der Waals surface area contributed by atoms with Gasteiger partial charge < -0.3 is 15.1 Å². The van der Waals surface area contributed by atoms with Crippen molar-refractivity contribution in [3.63, 3.8) is 0 Å². The maximum absolute atomic E-state index is 12.8. The highest BCUT2D eigenvalue weighted by Gasteiger charge is 2.32. The second-order valence-electron chi connectivity index (χ2n) is 8.10. The lowest BCUT2D eigenvalue weighted by molar-refractivity contribution is 0.0783. The average Bonchev–Trinajstić information content (AvgIpc) is 3.10. The van der Waals surface area contributed by atoms with Gasteiger partial charge in [0.25, 0.3) is 5.91 Å². The molecule has 3 aromatic rings. The van der Waals surface area contributed by atoms with E-state index in [0.717, 1.165) is 35.5 Å². The summed E-state index contributed by atoms with van der Waals surface area (Å²) in [5.74, 6) is 0.915. The Morgan fingerprint density at radius 3 is 2.66 bits per heavy atom. The molecule has 6 heteroatoms. The molecule has 5 rings (SSSR count). The number of fused-ring (bicyclic) bond motifs is 3. The molecular weight excluding hydrogens is 362 g/mol. The molecule has 0 aliphatic carbocycles. The number of carbonyl (C=O) groups excluding carboxylic acids is 1. The Morgan fingerprint density at radius 1 is 1.10 bits per heavy atom. The van der Waals surface area contributed by atoms with Crippen molar-refractivity contribution in [1.29, 1.82) is 0 Å². The van der Waals surface area contributed by atoms with Crippen molar-refractivity contribution >= 4 is 22.6 Å². The van der Waals surface area contributed by atoms with E-state index >= 15 is 0 Å². The minimum absolute atomic E-state index is 0.0422. The number of carbonyl (C=O) groups is 1. The van der Waals surface area contributed by atoms with Gasteiger partial charge in [0, 0.05) is 43.8 Å². The summed E-state index contributed by atoms with van der Waals surface area (Å²) < 4.78 is 0. The Labute approximate surface area is 170 Å². The molecule has 2 aliphatic heterocycles. The van der Waals surface area contributed by atoms with Crippen LogP contribution in [0.25, 0.3) is 10.9 Å². The van der Waals surface area contributed by atoms with Crippen molar-refractivity contribution in [2.45, 2.75) is 31.5 Å². The number of aromatic nitrogens is 2. The summed E-state index contributed by atoms with van der Waals surface area (Å²) in [6.45, 7) is 2.45. The third-order valence-electron chi connectivity index (χ3n) is 5.94. The van der Waals surface area contributed by atoms with Gasteiger partial charge in [-0.3, -0.25) is 9.78 Å². The summed E-state index contributed by atoms with van der Waals surface area (Å²) in [7, 11) is 1.81. The van der Waals surface area contributed by atoms with Gasteiger partial charge in [-0.15, -0.1) is 0 Å². The van der Waals surface area contributed by atoms with Crippen LogP contribution in [0.5, 0.6) is 0 Å². The summed E-state index contributed by atoms with van der Waals surface area (Å²) in [6, 6.07) is 17.0. The number of anilines is 1. The molecule has 1 N–H and O–H groups in total. The Bertz CT molecular complexity index is 1020. The van der Waals surface area contributed by atoms with E-state index in [4.69, 9.17) is 0 Å². The summed E-state index contributed by atoms with van der Waals surface area (Å²) in [4.78, 5) is 26.1. The molecule has 0 saturated carbocycles. The van der Waals surface area contributed by atoms with Crippen LogP contribution in [-0.2, 0) is 6.54 Å². The number of nitrogens with zero attached hydrogens (tertiary/aromatic N) is 4. The average molecular weight is 387 g/mol. The molecule has 6 nitrogen and oxygen atoms in total. The topological polar surface area (TPSA) is 61.4 Å². The zero-order chi connectivity index (χ0) is 19.8. The van der Waals surface area contributed by atoms with Gasteiger partial charge in [-0.25, -0.2) is 4.98 Å². The molecule has 2 fully saturated rings. The lowest BCUT2D eigenvalue weighted by atomic mass is 10.2. The maximum Gasteiger partial charge on any atom is 0.255 e. The number of hydrogen-bond donors (Lipinski definition) is 1. The molecule has 2 saturated heterocycles. The van der Waals surface area contributed by atoms with Crippen LogP contribution in [0.3, 0.4) is 0 Å². The zero-order valence-corrected chi connectivity index (χ0v) is 16.6. The number of para-hydroxylation sites is 1. The smallest absolute Gasteiger partial charge is 0.255 e. The van der Waals surface area contributed by atoms with Crippen LogP contribution in [0.15, 0.2) is 54.7 Å². The minimum Gasteiger partial charge on any atom is -0.353 e. The fourth-order valence-electron chi connectivity index (χ4n) is 4.42. The first-order valence-corrected chi connectivity index (χ1v) is 10.2. The number of amides is 1. The predicted octanol–water partition coefficient (Wildman–Crippen LogP) is 2.84. The van der Waals surface area contributed by atoms with Crippen LogP contribution in [0.2, 0.25) is 0 Å². The summed E-state index contributed by atoms with van der Waals surface area (Å²) in [6.07, 6.45) is 4.18. The molecule has 0 unspecified atom stereocenters. The molecule has 1 amide bonds. The van der Waals surface area contributed by atoms with Crippen LogP contribution < -0.4 is 10.2 Å². The van der Waals surface area contributed by atoms with Crippen molar-refractivity contribution in [3.8, 4) is 0 Å². The largest absolute Gasteiger partial charge is 0.353 e. The number of rotatable bonds is 4. The lowest BCUT2D eigenvalue weighted by Gasteiger charge is -2.33. The zero-order valence-electron chi connectivity index (χ0n) is 16.6.